The molecule has 2 heterocycles. The van der Waals surface area contributed by atoms with Crippen molar-refractivity contribution in [3.8, 4) is 5.82 Å². The molecule has 0 saturated heterocycles. The number of carbonyl (C=O) groups is 1. The number of hydrogen-bond donors (Lipinski definition) is 2. The fraction of sp³-hybridized carbons (Fsp3) is 0.250. The van der Waals surface area contributed by atoms with Gasteiger partial charge in [0.2, 0.25) is 5.91 Å². The molecule has 94 valence electrons. The highest BCUT2D eigenvalue weighted by molar-refractivity contribution is 5.90. The highest BCUT2D eigenvalue weighted by Gasteiger charge is 2.02. The lowest BCUT2D eigenvalue weighted by atomic mass is 10.3. The molecule has 0 fully saturated rings. The molecule has 0 spiro atoms. The van der Waals surface area contributed by atoms with Gasteiger partial charge in [0.25, 0.3) is 0 Å². The molecule has 6 nitrogen and oxygen atoms in total. The Labute approximate surface area is 105 Å². The number of pyridine rings is 1. The number of hydrogen-bond acceptors (Lipinski definition) is 4. The fourth-order valence-electron chi connectivity index (χ4n) is 1.47. The number of nitrogens with zero attached hydrogens (tertiary/aromatic N) is 3. The molecule has 0 aliphatic rings. The van der Waals surface area contributed by atoms with E-state index in [1.807, 2.05) is 25.4 Å². The average molecular weight is 245 g/mol. The number of carbonyl (C=O) groups excluding carboxylic acids is 1. The second-order valence-corrected chi connectivity index (χ2v) is 3.78. The maximum absolute atomic E-state index is 11.5. The summed E-state index contributed by atoms with van der Waals surface area (Å²) >= 11 is 0. The molecule has 0 atom stereocenters. The third-order valence-corrected chi connectivity index (χ3v) is 2.40. The van der Waals surface area contributed by atoms with Crippen LogP contribution in [0.2, 0.25) is 0 Å². The Kier molecular flexibility index (Phi) is 4.03. The Morgan fingerprint density at radius 3 is 2.94 bits per heavy atom. The van der Waals surface area contributed by atoms with Crippen molar-refractivity contribution in [1.82, 2.24) is 19.9 Å². The van der Waals surface area contributed by atoms with E-state index in [1.165, 1.54) is 0 Å². The summed E-state index contributed by atoms with van der Waals surface area (Å²) in [5.41, 5.74) is 0.694. The van der Waals surface area contributed by atoms with Crippen molar-refractivity contribution >= 4 is 11.6 Å². The minimum Gasteiger partial charge on any atom is -0.325 e. The third-order valence-electron chi connectivity index (χ3n) is 2.40. The van der Waals surface area contributed by atoms with Gasteiger partial charge in [-0.2, -0.15) is 0 Å². The van der Waals surface area contributed by atoms with E-state index in [0.29, 0.717) is 18.7 Å². The Balaban J connectivity index is 1.98. The molecule has 2 aromatic heterocycles. The maximum Gasteiger partial charge on any atom is 0.225 e. The number of rotatable bonds is 5. The van der Waals surface area contributed by atoms with Crippen molar-refractivity contribution in [3.63, 3.8) is 0 Å². The Morgan fingerprint density at radius 2 is 2.33 bits per heavy atom. The summed E-state index contributed by atoms with van der Waals surface area (Å²) in [5.74, 6) is 0.738. The lowest BCUT2D eigenvalue weighted by Crippen LogP contribution is -2.18. The van der Waals surface area contributed by atoms with Gasteiger partial charge in [-0.05, 0) is 19.2 Å². The number of nitrogens with one attached hydrogen (secondary N) is 2. The van der Waals surface area contributed by atoms with E-state index in [1.54, 1.807) is 23.3 Å². The molecule has 18 heavy (non-hydrogen) atoms. The van der Waals surface area contributed by atoms with E-state index in [9.17, 15) is 4.79 Å². The Morgan fingerprint density at radius 1 is 1.44 bits per heavy atom. The minimum atomic E-state index is -0.0264. The number of aromatic nitrogens is 3. The van der Waals surface area contributed by atoms with E-state index in [4.69, 9.17) is 0 Å². The van der Waals surface area contributed by atoms with Gasteiger partial charge in [0, 0.05) is 25.4 Å². The van der Waals surface area contributed by atoms with Gasteiger partial charge in [-0.1, -0.05) is 0 Å². The molecule has 0 aliphatic carbocycles. The molecule has 2 rings (SSSR count). The summed E-state index contributed by atoms with van der Waals surface area (Å²) in [5, 5.41) is 5.71. The van der Waals surface area contributed by atoms with Crippen LogP contribution in [-0.4, -0.2) is 34.0 Å². The van der Waals surface area contributed by atoms with Crippen LogP contribution >= 0.6 is 0 Å². The van der Waals surface area contributed by atoms with E-state index < -0.39 is 0 Å². The van der Waals surface area contributed by atoms with Crippen LogP contribution < -0.4 is 10.6 Å². The molecule has 0 saturated carbocycles. The number of amides is 1. The molecule has 0 bridgehead atoms. The van der Waals surface area contributed by atoms with E-state index in [2.05, 4.69) is 20.6 Å². The quantitative estimate of drug-likeness (QED) is 0.818. The minimum absolute atomic E-state index is 0.0264. The van der Waals surface area contributed by atoms with Crippen LogP contribution in [0.15, 0.2) is 37.1 Å². The number of imidazole rings is 1. The van der Waals surface area contributed by atoms with Crippen molar-refractivity contribution in [2.45, 2.75) is 6.42 Å². The van der Waals surface area contributed by atoms with Crippen LogP contribution in [0.25, 0.3) is 5.82 Å². The lowest BCUT2D eigenvalue weighted by Gasteiger charge is -2.06. The van der Waals surface area contributed by atoms with Crippen LogP contribution in [0.4, 0.5) is 5.69 Å². The Bertz CT molecular complexity index is 492. The number of anilines is 1. The van der Waals surface area contributed by atoms with Crippen molar-refractivity contribution < 1.29 is 4.79 Å². The Hall–Kier alpha value is -2.21. The van der Waals surface area contributed by atoms with Gasteiger partial charge in [-0.25, -0.2) is 9.97 Å². The zero-order valence-corrected chi connectivity index (χ0v) is 10.1. The molecule has 1 amide bonds. The average Bonchev–Trinajstić information content (AvgIpc) is 2.91. The molecular formula is C12H15N5O. The van der Waals surface area contributed by atoms with Crippen LogP contribution in [0.5, 0.6) is 0 Å². The summed E-state index contributed by atoms with van der Waals surface area (Å²) < 4.78 is 1.80. The molecule has 0 aromatic carbocycles. The van der Waals surface area contributed by atoms with Gasteiger partial charge < -0.3 is 10.6 Å². The predicted octanol–water partition coefficient (Wildman–Crippen LogP) is 0.815. The zero-order valence-electron chi connectivity index (χ0n) is 10.1. The molecule has 6 heteroatoms. The maximum atomic E-state index is 11.5. The first-order valence-electron chi connectivity index (χ1n) is 5.68. The molecule has 2 aromatic rings. The summed E-state index contributed by atoms with van der Waals surface area (Å²) in [6, 6.07) is 3.65. The van der Waals surface area contributed by atoms with Crippen molar-refractivity contribution in [1.29, 1.82) is 0 Å². The first-order chi connectivity index (χ1) is 8.79. The summed E-state index contributed by atoms with van der Waals surface area (Å²) in [4.78, 5) is 19.7. The van der Waals surface area contributed by atoms with E-state index in [0.717, 1.165) is 5.82 Å². The van der Waals surface area contributed by atoms with Crippen LogP contribution in [0.3, 0.4) is 0 Å². The third kappa shape index (κ3) is 3.14. The summed E-state index contributed by atoms with van der Waals surface area (Å²) in [7, 11) is 1.81. The lowest BCUT2D eigenvalue weighted by molar-refractivity contribution is -0.116. The molecule has 0 unspecified atom stereocenters. The van der Waals surface area contributed by atoms with Gasteiger partial charge >= 0.3 is 0 Å². The normalized spacial score (nSPS) is 10.3. The zero-order chi connectivity index (χ0) is 12.8. The van der Waals surface area contributed by atoms with Gasteiger partial charge in [0.1, 0.15) is 12.1 Å². The summed E-state index contributed by atoms with van der Waals surface area (Å²) in [6.45, 7) is 0.659. The van der Waals surface area contributed by atoms with Gasteiger partial charge in [0.15, 0.2) is 0 Å². The fourth-order valence-corrected chi connectivity index (χ4v) is 1.47. The molecule has 0 aliphatic heterocycles. The summed E-state index contributed by atoms with van der Waals surface area (Å²) in [6.07, 6.45) is 7.25. The van der Waals surface area contributed by atoms with E-state index >= 15 is 0 Å². The first kappa shape index (κ1) is 12.3. The standard InChI is InChI=1S/C12H15N5O/c1-13-5-4-12(18)16-10-2-3-11(15-8-10)17-7-6-14-9-17/h2-3,6-9,13H,4-5H2,1H3,(H,16,18). The predicted molar refractivity (Wildman–Crippen MR) is 68.5 cm³/mol. The topological polar surface area (TPSA) is 71.8 Å². The highest BCUT2D eigenvalue weighted by Crippen LogP contribution is 2.09. The molecular weight excluding hydrogens is 230 g/mol. The largest absolute Gasteiger partial charge is 0.325 e. The highest BCUT2D eigenvalue weighted by atomic mass is 16.1. The van der Waals surface area contributed by atoms with Gasteiger partial charge in [-0.15, -0.1) is 0 Å². The van der Waals surface area contributed by atoms with Crippen LogP contribution in [0, 0.1) is 0 Å². The molecule has 0 radical (unpaired) electrons. The van der Waals surface area contributed by atoms with Crippen molar-refractivity contribution in [2.24, 2.45) is 0 Å². The smallest absolute Gasteiger partial charge is 0.225 e. The first-order valence-corrected chi connectivity index (χ1v) is 5.68. The monoisotopic (exact) mass is 245 g/mol. The van der Waals surface area contributed by atoms with Gasteiger partial charge in [-0.3, -0.25) is 9.36 Å². The SMILES string of the molecule is CNCCC(=O)Nc1ccc(-n2ccnc2)nc1. The second kappa shape index (κ2) is 5.92. The van der Waals surface area contributed by atoms with Crippen LogP contribution in [-0.2, 0) is 4.79 Å². The van der Waals surface area contributed by atoms with Crippen molar-refractivity contribution in [2.75, 3.05) is 18.9 Å². The van der Waals surface area contributed by atoms with Gasteiger partial charge in [0.05, 0.1) is 11.9 Å². The second-order valence-electron chi connectivity index (χ2n) is 3.78. The van der Waals surface area contributed by atoms with Crippen molar-refractivity contribution in [3.05, 3.63) is 37.1 Å². The molecule has 2 N–H and O–H groups in total. The van der Waals surface area contributed by atoms with E-state index in [-0.39, 0.29) is 5.91 Å². The van der Waals surface area contributed by atoms with Crippen LogP contribution in [0.1, 0.15) is 6.42 Å².